The number of benzene rings is 1. The van der Waals surface area contributed by atoms with E-state index in [1.807, 2.05) is 11.5 Å². The van der Waals surface area contributed by atoms with E-state index in [0.29, 0.717) is 28.7 Å². The summed E-state index contributed by atoms with van der Waals surface area (Å²) in [7, 11) is 0. The molecule has 2 aliphatic rings. The van der Waals surface area contributed by atoms with E-state index in [1.165, 1.54) is 0 Å². The van der Waals surface area contributed by atoms with Gasteiger partial charge in [-0.2, -0.15) is 0 Å². The number of nitrogens with zero attached hydrogens (tertiary/aromatic N) is 2. The molecule has 0 saturated heterocycles. The second kappa shape index (κ2) is 4.67. The highest BCUT2D eigenvalue weighted by molar-refractivity contribution is 6.20. The van der Waals surface area contributed by atoms with E-state index in [1.54, 1.807) is 6.07 Å². The van der Waals surface area contributed by atoms with Gasteiger partial charge in [0, 0.05) is 6.04 Å². The van der Waals surface area contributed by atoms with Crippen LogP contribution in [0.5, 0.6) is 0 Å². The summed E-state index contributed by atoms with van der Waals surface area (Å²) in [6, 6.07) is 2.91. The Bertz CT molecular complexity index is 690. The van der Waals surface area contributed by atoms with Crippen LogP contribution in [-0.4, -0.2) is 9.55 Å². The first-order valence-electron chi connectivity index (χ1n) is 7.58. The van der Waals surface area contributed by atoms with Crippen LogP contribution >= 0.6 is 11.6 Å². The molecule has 2 fully saturated rings. The van der Waals surface area contributed by atoms with Gasteiger partial charge in [0.25, 0.3) is 0 Å². The molecule has 112 valence electrons. The van der Waals surface area contributed by atoms with Crippen molar-refractivity contribution in [3.8, 4) is 0 Å². The molecule has 1 aromatic heterocycles. The molecule has 2 saturated carbocycles. The number of alkyl halides is 1. The van der Waals surface area contributed by atoms with Crippen LogP contribution in [-0.2, 0) is 0 Å². The highest BCUT2D eigenvalue weighted by Crippen LogP contribution is 2.53. The zero-order chi connectivity index (χ0) is 14.7. The number of fused-ring (bicyclic) bond motifs is 1. The van der Waals surface area contributed by atoms with Crippen molar-refractivity contribution in [2.75, 3.05) is 0 Å². The zero-order valence-corrected chi connectivity index (χ0v) is 12.6. The molecule has 0 amide bonds. The van der Waals surface area contributed by atoms with Gasteiger partial charge in [0.2, 0.25) is 0 Å². The topological polar surface area (TPSA) is 17.8 Å². The monoisotopic (exact) mass is 310 g/mol. The van der Waals surface area contributed by atoms with Crippen molar-refractivity contribution >= 4 is 22.6 Å². The van der Waals surface area contributed by atoms with Gasteiger partial charge in [0.05, 0.1) is 10.9 Å². The third kappa shape index (κ3) is 2.15. The molecule has 4 rings (SSSR count). The third-order valence-electron chi connectivity index (χ3n) is 4.63. The number of rotatable bonds is 4. The molecular formula is C16H17ClF2N2. The molecule has 0 bridgehead atoms. The summed E-state index contributed by atoms with van der Waals surface area (Å²) in [6.07, 6.45) is 4.64. The van der Waals surface area contributed by atoms with E-state index in [9.17, 15) is 8.78 Å². The minimum Gasteiger partial charge on any atom is -0.321 e. The summed E-state index contributed by atoms with van der Waals surface area (Å²) in [5.74, 6) is 0.177. The average molecular weight is 311 g/mol. The minimum absolute atomic E-state index is 0.225. The van der Waals surface area contributed by atoms with Crippen molar-refractivity contribution in [2.24, 2.45) is 11.8 Å². The lowest BCUT2D eigenvalue weighted by Gasteiger charge is -2.22. The molecule has 1 atom stereocenters. The van der Waals surface area contributed by atoms with Crippen molar-refractivity contribution in [1.82, 2.24) is 9.55 Å². The Labute approximate surface area is 127 Å². The van der Waals surface area contributed by atoms with E-state index < -0.39 is 11.6 Å². The fourth-order valence-corrected chi connectivity index (χ4v) is 3.56. The molecule has 1 heterocycles. The highest BCUT2D eigenvalue weighted by atomic mass is 35.5. The van der Waals surface area contributed by atoms with Gasteiger partial charge in [-0.15, -0.1) is 11.6 Å². The normalized spacial score (nSPS) is 20.4. The summed E-state index contributed by atoms with van der Waals surface area (Å²) in [6.45, 7) is 1.84. The average Bonchev–Trinajstić information content (AvgIpc) is 3.33. The molecular weight excluding hydrogens is 294 g/mol. The smallest absolute Gasteiger partial charge is 0.184 e. The minimum atomic E-state index is -0.817. The maximum absolute atomic E-state index is 14.4. The largest absolute Gasteiger partial charge is 0.321 e. The zero-order valence-electron chi connectivity index (χ0n) is 11.8. The number of hydrogen-bond acceptors (Lipinski definition) is 1. The number of halogens is 3. The second-order valence-corrected chi connectivity index (χ2v) is 7.01. The van der Waals surface area contributed by atoms with E-state index in [-0.39, 0.29) is 11.4 Å². The molecule has 1 unspecified atom stereocenters. The van der Waals surface area contributed by atoms with Gasteiger partial charge in [-0.3, -0.25) is 0 Å². The maximum Gasteiger partial charge on any atom is 0.184 e. The van der Waals surface area contributed by atoms with Crippen molar-refractivity contribution in [2.45, 2.75) is 44.0 Å². The Kier molecular flexibility index (Phi) is 3.00. The first-order valence-corrected chi connectivity index (χ1v) is 8.01. The summed E-state index contributed by atoms with van der Waals surface area (Å²) < 4.78 is 30.0. The molecule has 2 aliphatic carbocycles. The number of hydrogen-bond donors (Lipinski definition) is 0. The number of aromatic nitrogens is 2. The quantitative estimate of drug-likeness (QED) is 0.729. The molecule has 5 heteroatoms. The van der Waals surface area contributed by atoms with Crippen LogP contribution in [0.25, 0.3) is 11.0 Å². The van der Waals surface area contributed by atoms with Crippen molar-refractivity contribution in [1.29, 1.82) is 0 Å². The SMILES string of the molecule is CC(Cl)c1nc2ccc(F)c(F)c2n1C(C1CC1)C1CC1. The van der Waals surface area contributed by atoms with Crippen LogP contribution < -0.4 is 0 Å². The molecule has 1 aromatic carbocycles. The second-order valence-electron chi connectivity index (χ2n) is 6.35. The van der Waals surface area contributed by atoms with Crippen LogP contribution in [0, 0.1) is 23.5 Å². The lowest BCUT2D eigenvalue weighted by atomic mass is 10.1. The van der Waals surface area contributed by atoms with Gasteiger partial charge in [0.15, 0.2) is 11.6 Å². The Morgan fingerprint density at radius 2 is 1.81 bits per heavy atom. The fourth-order valence-electron chi connectivity index (χ4n) is 3.41. The Morgan fingerprint density at radius 1 is 1.19 bits per heavy atom. The lowest BCUT2D eigenvalue weighted by molar-refractivity contribution is 0.387. The Hall–Kier alpha value is -1.16. The van der Waals surface area contributed by atoms with Crippen LogP contribution in [0.1, 0.15) is 49.9 Å². The summed E-state index contributed by atoms with van der Waals surface area (Å²) in [5.41, 5.74) is 0.795. The molecule has 0 radical (unpaired) electrons. The molecule has 0 aliphatic heterocycles. The van der Waals surface area contributed by atoms with Crippen LogP contribution in [0.2, 0.25) is 0 Å². The van der Waals surface area contributed by atoms with E-state index >= 15 is 0 Å². The molecule has 0 N–H and O–H groups in total. The molecule has 2 nitrogen and oxygen atoms in total. The van der Waals surface area contributed by atoms with E-state index in [2.05, 4.69) is 4.98 Å². The predicted molar refractivity (Wildman–Crippen MR) is 78.4 cm³/mol. The first kappa shape index (κ1) is 13.5. The van der Waals surface area contributed by atoms with Crippen LogP contribution in [0.3, 0.4) is 0 Å². The van der Waals surface area contributed by atoms with Gasteiger partial charge >= 0.3 is 0 Å². The standard InChI is InChI=1S/C16H17ClF2N2/c1-8(17)16-20-12-7-6-11(18)13(19)15(12)21(16)14(9-2-3-9)10-4-5-10/h6-10,14H,2-5H2,1H3. The van der Waals surface area contributed by atoms with E-state index in [0.717, 1.165) is 31.7 Å². The molecule has 0 spiro atoms. The highest BCUT2D eigenvalue weighted by Gasteiger charge is 2.44. The van der Waals surface area contributed by atoms with Gasteiger partial charge in [0.1, 0.15) is 11.3 Å². The summed E-state index contributed by atoms with van der Waals surface area (Å²) >= 11 is 6.27. The third-order valence-corrected chi connectivity index (χ3v) is 4.83. The summed E-state index contributed by atoms with van der Waals surface area (Å²) in [4.78, 5) is 4.48. The lowest BCUT2D eigenvalue weighted by Crippen LogP contribution is -2.17. The van der Waals surface area contributed by atoms with Gasteiger partial charge in [-0.1, -0.05) is 0 Å². The first-order chi connectivity index (χ1) is 10.1. The van der Waals surface area contributed by atoms with Crippen molar-refractivity contribution < 1.29 is 8.78 Å². The van der Waals surface area contributed by atoms with Crippen LogP contribution in [0.15, 0.2) is 12.1 Å². The van der Waals surface area contributed by atoms with Crippen molar-refractivity contribution in [3.05, 3.63) is 29.6 Å². The van der Waals surface area contributed by atoms with Crippen molar-refractivity contribution in [3.63, 3.8) is 0 Å². The number of imidazole rings is 1. The fraction of sp³-hybridized carbons (Fsp3) is 0.562. The summed E-state index contributed by atoms with van der Waals surface area (Å²) in [5, 5.41) is -0.320. The maximum atomic E-state index is 14.4. The van der Waals surface area contributed by atoms with Gasteiger partial charge in [-0.25, -0.2) is 13.8 Å². The molecule has 2 aromatic rings. The van der Waals surface area contributed by atoms with Gasteiger partial charge < -0.3 is 4.57 Å². The Morgan fingerprint density at radius 3 is 2.33 bits per heavy atom. The predicted octanol–water partition coefficient (Wildman–Crippen LogP) is 4.98. The van der Waals surface area contributed by atoms with Gasteiger partial charge in [-0.05, 0) is 56.6 Å². The Balaban J connectivity index is 1.99. The van der Waals surface area contributed by atoms with Crippen LogP contribution in [0.4, 0.5) is 8.78 Å². The van der Waals surface area contributed by atoms with E-state index in [4.69, 9.17) is 11.6 Å². The molecule has 21 heavy (non-hydrogen) atoms.